The van der Waals surface area contributed by atoms with Crippen LogP contribution in [0.15, 0.2) is 6.33 Å². The number of anilines is 1. The number of imidazole rings is 1. The van der Waals surface area contributed by atoms with Crippen molar-refractivity contribution >= 4 is 48.3 Å². The second kappa shape index (κ2) is 31.4. The maximum atomic E-state index is 13.0. The molecule has 3 N–H and O–H groups in total. The van der Waals surface area contributed by atoms with Crippen LogP contribution in [0, 0.1) is 0 Å². The average Bonchev–Trinajstić information content (AvgIpc) is 3.79. The van der Waals surface area contributed by atoms with Crippen LogP contribution in [-0.2, 0) is 37.4 Å². The topological polar surface area (TPSA) is 210 Å². The summed E-state index contributed by atoms with van der Waals surface area (Å²) in [6, 6.07) is 0. The molecule has 0 aliphatic carbocycles. The number of rotatable bonds is 34. The van der Waals surface area contributed by atoms with Crippen LogP contribution in [0.2, 0.25) is 5.28 Å². The third-order valence-electron chi connectivity index (χ3n) is 10.4. The molecule has 0 aromatic carbocycles. The van der Waals surface area contributed by atoms with Crippen molar-refractivity contribution < 1.29 is 77.0 Å². The number of hydrogen-bond acceptors (Lipinski definition) is 14. The van der Waals surface area contributed by atoms with E-state index in [9.17, 15) is 24.2 Å². The Morgan fingerprint density at radius 2 is 1.31 bits per heavy atom. The first-order valence-corrected chi connectivity index (χ1v) is 23.8. The predicted molar refractivity (Wildman–Crippen MR) is 222 cm³/mol. The third-order valence-corrected chi connectivity index (χ3v) is 11.6. The van der Waals surface area contributed by atoms with Crippen molar-refractivity contribution in [1.29, 1.82) is 0 Å². The average molecular weight is 882 g/mol. The molecular formula is C41H70ClN5NaO10P. The molecule has 4 atom stereocenters. The maximum Gasteiger partial charge on any atom is 1.00 e. The number of fused-ring (bicyclic) bond motifs is 1. The van der Waals surface area contributed by atoms with Gasteiger partial charge in [-0.25, -0.2) is 4.98 Å². The van der Waals surface area contributed by atoms with E-state index in [0.29, 0.717) is 18.4 Å². The number of phosphoric acid groups is 1. The Hall–Kier alpha value is -1.39. The Bertz CT molecular complexity index is 1470. The summed E-state index contributed by atoms with van der Waals surface area (Å²) in [7, 11) is -5.07. The summed E-state index contributed by atoms with van der Waals surface area (Å²) < 4.78 is 41.6. The summed E-state index contributed by atoms with van der Waals surface area (Å²) in [5.41, 5.74) is 6.48. The van der Waals surface area contributed by atoms with Crippen LogP contribution in [0.5, 0.6) is 0 Å². The van der Waals surface area contributed by atoms with E-state index in [1.165, 1.54) is 101 Å². The first kappa shape index (κ1) is 53.7. The second-order valence-corrected chi connectivity index (χ2v) is 17.2. The van der Waals surface area contributed by atoms with Crippen LogP contribution in [0.1, 0.15) is 181 Å². The molecule has 1 aliphatic rings. The van der Waals surface area contributed by atoms with E-state index >= 15 is 0 Å². The molecule has 0 spiro atoms. The Morgan fingerprint density at radius 1 is 0.847 bits per heavy atom. The largest absolute Gasteiger partial charge is 1.00 e. The molecule has 0 amide bonds. The Balaban J connectivity index is 0.0000120. The van der Waals surface area contributed by atoms with Gasteiger partial charge in [0.1, 0.15) is 37.2 Å². The number of carbonyl (C=O) groups is 2. The summed E-state index contributed by atoms with van der Waals surface area (Å²) in [4.78, 5) is 50.4. The number of carbonyl (C=O) groups excluding carboxylic acids is 2. The molecule has 1 aliphatic heterocycles. The van der Waals surface area contributed by atoms with Crippen molar-refractivity contribution in [2.24, 2.45) is 0 Å². The number of aliphatic hydroxyl groups excluding tert-OH is 1. The quantitative estimate of drug-likeness (QED) is 0.0269. The molecule has 1 unspecified atom stereocenters. The molecule has 0 radical (unpaired) electrons. The number of aliphatic hydroxyl groups is 1. The van der Waals surface area contributed by atoms with Gasteiger partial charge >= 0.3 is 41.5 Å². The first-order chi connectivity index (χ1) is 28.0. The fourth-order valence-electron chi connectivity index (χ4n) is 7.03. The zero-order valence-corrected chi connectivity index (χ0v) is 39.6. The van der Waals surface area contributed by atoms with Crippen molar-refractivity contribution in [3.63, 3.8) is 0 Å². The van der Waals surface area contributed by atoms with E-state index in [1.807, 2.05) is 0 Å². The standard InChI is InChI=1S/C41H71ClN5O10P.Na/c1-3-5-7-9-11-13-15-17-19-21-23-25-36(49)53-28-32(29-54-37(50)26-24-22-20-18-16-14-12-10-8-6-4-2)57-58(51,52)55-30-34-33(48)27-35(56-34)47-31-44-38-39(43)45-41(42)46-40(38)47;/h31-35,48H,3-30H2,1-2H3,(H,51,52)(H2,43,45,46);/q;+1/p-1/t33-,34+,35+;/m0./s1. The van der Waals surface area contributed by atoms with Gasteiger partial charge in [0.2, 0.25) is 5.28 Å². The first-order valence-electron chi connectivity index (χ1n) is 22.0. The molecule has 2 aromatic heterocycles. The molecule has 59 heavy (non-hydrogen) atoms. The van der Waals surface area contributed by atoms with Gasteiger partial charge in [0.15, 0.2) is 11.5 Å². The van der Waals surface area contributed by atoms with Gasteiger partial charge in [0, 0.05) is 19.3 Å². The van der Waals surface area contributed by atoms with Crippen molar-refractivity contribution in [3.8, 4) is 0 Å². The van der Waals surface area contributed by atoms with Crippen LogP contribution in [0.25, 0.3) is 11.2 Å². The van der Waals surface area contributed by atoms with Gasteiger partial charge in [-0.2, -0.15) is 9.97 Å². The van der Waals surface area contributed by atoms with E-state index in [1.54, 1.807) is 0 Å². The van der Waals surface area contributed by atoms with Crippen molar-refractivity contribution in [2.45, 2.75) is 199 Å². The number of nitrogens with zero attached hydrogens (tertiary/aromatic N) is 4. The van der Waals surface area contributed by atoms with E-state index < -0.39 is 64.1 Å². The van der Waals surface area contributed by atoms with Crippen LogP contribution >= 0.6 is 19.4 Å². The van der Waals surface area contributed by atoms with E-state index in [4.69, 9.17) is 40.6 Å². The summed E-state index contributed by atoms with van der Waals surface area (Å²) in [5.74, 6) is -0.912. The number of unbranched alkanes of at least 4 members (excludes halogenated alkanes) is 20. The molecule has 0 saturated carbocycles. The number of nitrogen functional groups attached to an aromatic ring is 1. The molecule has 1 fully saturated rings. The molecule has 18 heteroatoms. The number of phosphoric ester groups is 1. The van der Waals surface area contributed by atoms with Gasteiger partial charge in [-0.3, -0.25) is 18.7 Å². The van der Waals surface area contributed by atoms with E-state index in [-0.39, 0.29) is 65.6 Å². The van der Waals surface area contributed by atoms with Gasteiger partial charge in [0.25, 0.3) is 7.82 Å². The Morgan fingerprint density at radius 3 is 1.78 bits per heavy atom. The van der Waals surface area contributed by atoms with Crippen molar-refractivity contribution in [1.82, 2.24) is 19.5 Å². The van der Waals surface area contributed by atoms with Crippen LogP contribution in [0.3, 0.4) is 0 Å². The number of hydrogen-bond donors (Lipinski definition) is 2. The maximum absolute atomic E-state index is 13.0. The molecule has 3 rings (SSSR count). The van der Waals surface area contributed by atoms with Crippen molar-refractivity contribution in [2.75, 3.05) is 25.6 Å². The molecule has 3 heterocycles. The molecule has 0 bridgehead atoms. The van der Waals surface area contributed by atoms with Gasteiger partial charge in [-0.15, -0.1) is 0 Å². The Kier molecular flexibility index (Phi) is 28.6. The molecular weight excluding hydrogens is 812 g/mol. The minimum Gasteiger partial charge on any atom is -0.756 e. The minimum atomic E-state index is -5.07. The predicted octanol–water partition coefficient (Wildman–Crippen LogP) is 6.07. The Labute approximate surface area is 378 Å². The SMILES string of the molecule is CCCCCCCCCCCCCC(=O)OCC(COC(=O)CCCCCCCCCCCCC)OP(=O)([O-])OC[C@H]1O[C@@H](n2cnc3c(N)nc(Cl)nc32)C[C@@H]1O.[Na+]. The number of nitrogens with two attached hydrogens (primary N) is 1. The smallest absolute Gasteiger partial charge is 0.756 e. The number of ether oxygens (including phenoxy) is 3. The van der Waals surface area contributed by atoms with Gasteiger partial charge in [-0.05, 0) is 24.4 Å². The zero-order chi connectivity index (χ0) is 42.0. The van der Waals surface area contributed by atoms with Gasteiger partial charge in [0.05, 0.1) is 19.0 Å². The summed E-state index contributed by atoms with van der Waals surface area (Å²) in [6.45, 7) is 2.95. The minimum absolute atomic E-state index is 0. The summed E-state index contributed by atoms with van der Waals surface area (Å²) >= 11 is 5.97. The van der Waals surface area contributed by atoms with E-state index in [0.717, 1.165) is 38.5 Å². The molecule has 1 saturated heterocycles. The number of aromatic nitrogens is 4. The molecule has 15 nitrogen and oxygen atoms in total. The number of esters is 2. The van der Waals surface area contributed by atoms with Crippen LogP contribution in [-0.4, -0.2) is 74.7 Å². The van der Waals surface area contributed by atoms with Crippen LogP contribution < -0.4 is 40.2 Å². The molecule has 332 valence electrons. The molecule has 2 aromatic rings. The normalized spacial score (nSPS) is 17.6. The summed E-state index contributed by atoms with van der Waals surface area (Å²) in [6.07, 6.45) is 22.7. The summed E-state index contributed by atoms with van der Waals surface area (Å²) in [5, 5.41) is 10.6. The fourth-order valence-corrected chi connectivity index (χ4v) is 8.08. The monoisotopic (exact) mass is 881 g/mol. The number of halogens is 1. The van der Waals surface area contributed by atoms with Crippen LogP contribution in [0.4, 0.5) is 5.82 Å². The van der Waals surface area contributed by atoms with E-state index in [2.05, 4.69) is 28.8 Å². The van der Waals surface area contributed by atoms with Crippen molar-refractivity contribution in [3.05, 3.63) is 11.6 Å². The second-order valence-electron chi connectivity index (χ2n) is 15.5. The fraction of sp³-hybridized carbons (Fsp3) is 0.829. The van der Waals surface area contributed by atoms with Gasteiger partial charge in [-0.1, -0.05) is 142 Å². The zero-order valence-electron chi connectivity index (χ0n) is 36.0. The van der Waals surface area contributed by atoms with Gasteiger partial charge < -0.3 is 39.0 Å². The third kappa shape index (κ3) is 22.5.